The summed E-state index contributed by atoms with van der Waals surface area (Å²) in [5.74, 6) is 0.460. The molecule has 0 spiro atoms. The zero-order chi connectivity index (χ0) is 21.6. The zero-order valence-corrected chi connectivity index (χ0v) is 18.9. The van der Waals surface area contributed by atoms with Gasteiger partial charge in [-0.05, 0) is 33.6 Å². The molecule has 0 unspecified atom stereocenters. The van der Waals surface area contributed by atoms with Gasteiger partial charge in [0.05, 0.1) is 29.2 Å². The van der Waals surface area contributed by atoms with Crippen LogP contribution in [0.2, 0.25) is 0 Å². The number of sulfonamides is 1. The maximum Gasteiger partial charge on any atom is 0.255 e. The summed E-state index contributed by atoms with van der Waals surface area (Å²) in [5.41, 5.74) is 1.94. The van der Waals surface area contributed by atoms with Crippen LogP contribution in [0, 0.1) is 6.92 Å². The second-order valence-corrected chi connectivity index (χ2v) is 10.4. The molecular formula is C20H30N6O3S. The Morgan fingerprint density at radius 3 is 2.67 bits per heavy atom. The van der Waals surface area contributed by atoms with Gasteiger partial charge in [0.1, 0.15) is 10.7 Å². The van der Waals surface area contributed by atoms with Crippen molar-refractivity contribution in [3.63, 3.8) is 0 Å². The van der Waals surface area contributed by atoms with Crippen LogP contribution in [-0.2, 0) is 30.0 Å². The largest absolute Gasteiger partial charge is 0.309 e. The minimum Gasteiger partial charge on any atom is -0.309 e. The number of hydrogen-bond acceptors (Lipinski definition) is 6. The molecule has 0 saturated carbocycles. The maximum absolute atomic E-state index is 13.4. The van der Waals surface area contributed by atoms with E-state index in [1.807, 2.05) is 0 Å². The van der Waals surface area contributed by atoms with Crippen molar-refractivity contribution in [3.05, 3.63) is 39.3 Å². The predicted octanol–water partition coefficient (Wildman–Crippen LogP) is 1.49. The van der Waals surface area contributed by atoms with Crippen molar-refractivity contribution in [1.29, 1.82) is 0 Å². The van der Waals surface area contributed by atoms with Crippen LogP contribution in [0.4, 0.5) is 0 Å². The van der Waals surface area contributed by atoms with Crippen LogP contribution >= 0.6 is 0 Å². The molecule has 1 atom stereocenters. The summed E-state index contributed by atoms with van der Waals surface area (Å²) in [5, 5.41) is 4.10. The average molecular weight is 435 g/mol. The van der Waals surface area contributed by atoms with Gasteiger partial charge in [-0.15, -0.1) is 0 Å². The van der Waals surface area contributed by atoms with E-state index in [1.165, 1.54) is 10.5 Å². The lowest BCUT2D eigenvalue weighted by Gasteiger charge is -2.35. The summed E-state index contributed by atoms with van der Waals surface area (Å²) in [4.78, 5) is 23.0. The predicted molar refractivity (Wildman–Crippen MR) is 113 cm³/mol. The first-order chi connectivity index (χ1) is 14.2. The zero-order valence-electron chi connectivity index (χ0n) is 18.1. The molecule has 164 valence electrons. The molecule has 30 heavy (non-hydrogen) atoms. The van der Waals surface area contributed by atoms with Gasteiger partial charge < -0.3 is 4.98 Å². The van der Waals surface area contributed by atoms with Crippen LogP contribution in [0.3, 0.4) is 0 Å². The number of aromatic amines is 1. The van der Waals surface area contributed by atoms with E-state index in [-0.39, 0.29) is 10.5 Å². The first kappa shape index (κ1) is 21.2. The fourth-order valence-electron chi connectivity index (χ4n) is 4.39. The summed E-state index contributed by atoms with van der Waals surface area (Å²) < 4.78 is 29.9. The van der Waals surface area contributed by atoms with Gasteiger partial charge in [0.15, 0.2) is 0 Å². The Balaban J connectivity index is 1.71. The van der Waals surface area contributed by atoms with Gasteiger partial charge in [0.2, 0.25) is 10.0 Å². The van der Waals surface area contributed by atoms with Crippen LogP contribution in [0.5, 0.6) is 0 Å². The quantitative estimate of drug-likeness (QED) is 0.782. The van der Waals surface area contributed by atoms with E-state index in [0.717, 1.165) is 25.1 Å². The highest BCUT2D eigenvalue weighted by molar-refractivity contribution is 7.89. The number of aryl methyl sites for hydroxylation is 1. The van der Waals surface area contributed by atoms with Crippen molar-refractivity contribution in [2.24, 2.45) is 7.05 Å². The Morgan fingerprint density at radius 1 is 1.23 bits per heavy atom. The van der Waals surface area contributed by atoms with Crippen LogP contribution in [0.15, 0.2) is 15.9 Å². The number of piperidine rings is 1. The molecule has 2 aliphatic rings. The second kappa shape index (κ2) is 7.90. The van der Waals surface area contributed by atoms with Gasteiger partial charge in [0, 0.05) is 39.1 Å². The fourth-order valence-corrected chi connectivity index (χ4v) is 6.24. The van der Waals surface area contributed by atoms with E-state index in [0.29, 0.717) is 49.1 Å². The Kier molecular flexibility index (Phi) is 5.58. The third-order valence-electron chi connectivity index (χ3n) is 6.39. The maximum atomic E-state index is 13.4. The molecule has 4 heterocycles. The Labute approximate surface area is 177 Å². The van der Waals surface area contributed by atoms with Crippen molar-refractivity contribution in [2.75, 3.05) is 13.1 Å². The first-order valence-electron chi connectivity index (χ1n) is 10.6. The van der Waals surface area contributed by atoms with E-state index < -0.39 is 16.1 Å². The topological polar surface area (TPSA) is 104 Å². The standard InChI is InChI=1S/C20H30N6O3S/c1-13(2)25-10-8-16-15(12-25)20(27)23-19(22-16)17-7-5-6-9-26(17)30(28,29)18-11-21-24(4)14(18)3/h11,13,17H,5-10,12H2,1-4H3,(H,22,23,27)/t17-/m0/s1. The molecule has 2 aromatic rings. The molecule has 4 rings (SSSR count). The Hall–Kier alpha value is -2.04. The first-order valence-corrected chi connectivity index (χ1v) is 12.0. The van der Waals surface area contributed by atoms with Crippen LogP contribution in [0.1, 0.15) is 61.9 Å². The molecule has 2 aliphatic heterocycles. The van der Waals surface area contributed by atoms with Gasteiger partial charge >= 0.3 is 0 Å². The molecule has 9 nitrogen and oxygen atoms in total. The smallest absolute Gasteiger partial charge is 0.255 e. The lowest BCUT2D eigenvalue weighted by Crippen LogP contribution is -2.42. The van der Waals surface area contributed by atoms with E-state index in [2.05, 4.69) is 28.8 Å². The number of rotatable bonds is 4. The number of nitrogens with zero attached hydrogens (tertiary/aromatic N) is 5. The van der Waals surface area contributed by atoms with E-state index in [9.17, 15) is 13.2 Å². The fraction of sp³-hybridized carbons (Fsp3) is 0.650. The van der Waals surface area contributed by atoms with Gasteiger partial charge in [-0.25, -0.2) is 13.4 Å². The minimum absolute atomic E-state index is 0.152. The lowest BCUT2D eigenvalue weighted by atomic mass is 10.0. The number of nitrogens with one attached hydrogen (secondary N) is 1. The van der Waals surface area contributed by atoms with Gasteiger partial charge in [-0.3, -0.25) is 14.4 Å². The third-order valence-corrected chi connectivity index (χ3v) is 8.40. The molecule has 1 N–H and O–H groups in total. The summed E-state index contributed by atoms with van der Waals surface area (Å²) in [7, 11) is -2.02. The molecule has 0 amide bonds. The van der Waals surface area contributed by atoms with E-state index in [4.69, 9.17) is 4.98 Å². The molecular weight excluding hydrogens is 404 g/mol. The van der Waals surface area contributed by atoms with Gasteiger partial charge in [-0.1, -0.05) is 6.42 Å². The highest BCUT2D eigenvalue weighted by Crippen LogP contribution is 2.34. The molecule has 0 bridgehead atoms. The van der Waals surface area contributed by atoms with Crippen LogP contribution in [-0.4, -0.2) is 56.5 Å². The Morgan fingerprint density at radius 2 is 2.00 bits per heavy atom. The molecule has 10 heteroatoms. The summed E-state index contributed by atoms with van der Waals surface area (Å²) in [6.45, 7) is 7.82. The molecule has 1 saturated heterocycles. The Bertz CT molecular complexity index is 1100. The number of H-pyrrole nitrogens is 1. The van der Waals surface area contributed by atoms with E-state index in [1.54, 1.807) is 18.7 Å². The molecule has 0 radical (unpaired) electrons. The van der Waals surface area contributed by atoms with Crippen LogP contribution in [0.25, 0.3) is 0 Å². The van der Waals surface area contributed by atoms with Crippen molar-refractivity contribution < 1.29 is 8.42 Å². The lowest BCUT2D eigenvalue weighted by molar-refractivity contribution is 0.198. The van der Waals surface area contributed by atoms with E-state index >= 15 is 0 Å². The molecule has 0 aliphatic carbocycles. The number of fused-ring (bicyclic) bond motifs is 1. The second-order valence-electron chi connectivity index (χ2n) is 8.54. The molecule has 0 aromatic carbocycles. The van der Waals surface area contributed by atoms with Crippen molar-refractivity contribution >= 4 is 10.0 Å². The SMILES string of the molecule is Cc1c(S(=O)(=O)N2CCCC[C@H]2c2nc3c(c(=O)[nH]2)CN(C(C)C)CC3)cnn1C. The summed E-state index contributed by atoms with van der Waals surface area (Å²) in [6.07, 6.45) is 4.42. The highest BCUT2D eigenvalue weighted by Gasteiger charge is 2.38. The molecule has 1 fully saturated rings. The van der Waals surface area contributed by atoms with Crippen molar-refractivity contribution in [3.8, 4) is 0 Å². The summed E-state index contributed by atoms with van der Waals surface area (Å²) >= 11 is 0. The monoisotopic (exact) mass is 434 g/mol. The number of aromatic nitrogens is 4. The third kappa shape index (κ3) is 3.61. The number of hydrogen-bond donors (Lipinski definition) is 1. The molecule has 2 aromatic heterocycles. The van der Waals surface area contributed by atoms with Gasteiger partial charge in [0.25, 0.3) is 5.56 Å². The minimum atomic E-state index is -3.74. The van der Waals surface area contributed by atoms with Gasteiger partial charge in [-0.2, -0.15) is 9.40 Å². The average Bonchev–Trinajstić information content (AvgIpc) is 3.07. The highest BCUT2D eigenvalue weighted by atomic mass is 32.2. The van der Waals surface area contributed by atoms with Crippen molar-refractivity contribution in [1.82, 2.24) is 29.0 Å². The van der Waals surface area contributed by atoms with Crippen molar-refractivity contribution in [2.45, 2.75) is 70.0 Å². The van der Waals surface area contributed by atoms with Crippen LogP contribution < -0.4 is 5.56 Å². The normalized spacial score (nSPS) is 21.2. The summed E-state index contributed by atoms with van der Waals surface area (Å²) in [6, 6.07) is -0.108.